The number of nitrogens with one attached hydrogen (secondary N) is 1. The second kappa shape index (κ2) is 9.64. The van der Waals surface area contributed by atoms with Gasteiger partial charge in [-0.3, -0.25) is 4.79 Å². The summed E-state index contributed by atoms with van der Waals surface area (Å²) in [5.41, 5.74) is 9.95. The predicted octanol–water partition coefficient (Wildman–Crippen LogP) is 5.37. The van der Waals surface area contributed by atoms with Crippen molar-refractivity contribution in [2.24, 2.45) is 11.3 Å². The first kappa shape index (κ1) is 23.9. The van der Waals surface area contributed by atoms with Crippen molar-refractivity contribution in [2.75, 3.05) is 12.3 Å². The Kier molecular flexibility index (Phi) is 6.39. The number of hydrogen-bond donors (Lipinski definition) is 2. The topological polar surface area (TPSA) is 95.1 Å². The third-order valence-corrected chi connectivity index (χ3v) is 6.87. The molecule has 4 aromatic rings. The second-order valence-corrected chi connectivity index (χ2v) is 10.7. The molecule has 1 aliphatic carbocycles. The molecule has 1 fully saturated rings. The number of benzene rings is 2. The van der Waals surface area contributed by atoms with Crippen LogP contribution in [0.5, 0.6) is 5.75 Å². The van der Waals surface area contributed by atoms with Crippen LogP contribution in [0, 0.1) is 11.3 Å². The van der Waals surface area contributed by atoms with Gasteiger partial charge in [0.1, 0.15) is 30.1 Å². The normalized spacial score (nSPS) is 17.5. The molecule has 3 N–H and O–H groups in total. The quantitative estimate of drug-likeness (QED) is 0.368. The molecule has 36 heavy (non-hydrogen) atoms. The Morgan fingerprint density at radius 1 is 1.11 bits per heavy atom. The Morgan fingerprint density at radius 2 is 1.89 bits per heavy atom. The molecule has 1 aliphatic rings. The summed E-state index contributed by atoms with van der Waals surface area (Å²) in [5, 5.41) is 3.96. The van der Waals surface area contributed by atoms with Gasteiger partial charge in [0.05, 0.1) is 5.39 Å². The number of rotatable bonds is 7. The Labute approximate surface area is 211 Å². The minimum absolute atomic E-state index is 0.0922. The Hall–Kier alpha value is -3.87. The zero-order valence-corrected chi connectivity index (χ0v) is 21.1. The fourth-order valence-corrected chi connectivity index (χ4v) is 4.70. The van der Waals surface area contributed by atoms with Crippen LogP contribution in [0.25, 0.3) is 22.2 Å². The second-order valence-electron chi connectivity index (χ2n) is 10.7. The molecule has 7 nitrogen and oxygen atoms in total. The van der Waals surface area contributed by atoms with Crippen LogP contribution in [0.15, 0.2) is 67.1 Å². The predicted molar refractivity (Wildman–Crippen MR) is 142 cm³/mol. The Balaban J connectivity index is 1.35. The van der Waals surface area contributed by atoms with Crippen LogP contribution in [-0.2, 0) is 11.4 Å². The van der Waals surface area contributed by atoms with Gasteiger partial charge in [-0.25, -0.2) is 9.97 Å². The molecule has 2 heterocycles. The van der Waals surface area contributed by atoms with Crippen molar-refractivity contribution >= 4 is 22.8 Å². The van der Waals surface area contributed by atoms with E-state index in [1.165, 1.54) is 6.33 Å². The van der Waals surface area contributed by atoms with E-state index in [-0.39, 0.29) is 11.3 Å². The fourth-order valence-electron chi connectivity index (χ4n) is 4.70. The molecule has 186 valence electrons. The highest BCUT2D eigenvalue weighted by molar-refractivity contribution is 6.00. The number of nitrogens with zero attached hydrogens (tertiary/aromatic N) is 3. The lowest BCUT2D eigenvalue weighted by atomic mass is 9.79. The summed E-state index contributed by atoms with van der Waals surface area (Å²) in [7, 11) is 0. The van der Waals surface area contributed by atoms with Crippen LogP contribution in [0.1, 0.15) is 45.2 Å². The van der Waals surface area contributed by atoms with E-state index in [0.29, 0.717) is 30.9 Å². The molecule has 2 aromatic heterocycles. The van der Waals surface area contributed by atoms with Gasteiger partial charge in [-0.2, -0.15) is 0 Å². The third kappa shape index (κ3) is 4.91. The third-order valence-electron chi connectivity index (χ3n) is 6.87. The first-order chi connectivity index (χ1) is 17.3. The highest BCUT2D eigenvalue weighted by Crippen LogP contribution is 2.43. The van der Waals surface area contributed by atoms with E-state index in [2.05, 4.69) is 44.2 Å². The molecule has 5 rings (SSSR count). The van der Waals surface area contributed by atoms with Gasteiger partial charge in [0.25, 0.3) is 0 Å². The van der Waals surface area contributed by atoms with E-state index in [9.17, 15) is 4.79 Å². The number of hydrogen-bond acceptors (Lipinski definition) is 5. The molecule has 0 aliphatic heterocycles. The summed E-state index contributed by atoms with van der Waals surface area (Å²) in [6.45, 7) is 7.02. The average Bonchev–Trinajstić information content (AvgIpc) is 3.22. The molecule has 0 saturated heterocycles. The number of nitrogen functional groups attached to an aromatic ring is 1. The van der Waals surface area contributed by atoms with Crippen LogP contribution in [0.2, 0.25) is 0 Å². The molecule has 0 radical (unpaired) electrons. The van der Waals surface area contributed by atoms with Gasteiger partial charge in [-0.1, -0.05) is 63.2 Å². The number of carbonyl (C=O) groups excluding carboxylic acids is 1. The fraction of sp³-hybridized carbons (Fsp3) is 0.345. The number of nitrogens with two attached hydrogens (primary N) is 1. The summed E-state index contributed by atoms with van der Waals surface area (Å²) in [4.78, 5) is 21.1. The van der Waals surface area contributed by atoms with Crippen molar-refractivity contribution in [3.05, 3.63) is 72.7 Å². The number of ether oxygens (including phenoxy) is 1. The molecule has 2 aromatic carbocycles. The Morgan fingerprint density at radius 3 is 2.64 bits per heavy atom. The highest BCUT2D eigenvalue weighted by Gasteiger charge is 2.33. The van der Waals surface area contributed by atoms with Gasteiger partial charge in [0.2, 0.25) is 5.91 Å². The summed E-state index contributed by atoms with van der Waals surface area (Å²) in [6.07, 6.45) is 5.63. The standard InChI is InChI=1S/C29H33N5O2/c1-29(2,3)28(35)31-15-20-12-22(13-20)34-16-24(25-26(30)32-18-33-27(25)34)21-10-7-11-23(14-21)36-17-19-8-5-4-6-9-19/h4-11,14,16,18,20,22H,12-13,15,17H2,1-3H3,(H,31,35)(H2,30,32,33). The van der Waals surface area contributed by atoms with E-state index >= 15 is 0 Å². The summed E-state index contributed by atoms with van der Waals surface area (Å²) in [6, 6.07) is 18.5. The maximum absolute atomic E-state index is 12.2. The van der Waals surface area contributed by atoms with Crippen molar-refractivity contribution in [3.8, 4) is 16.9 Å². The zero-order chi connectivity index (χ0) is 25.3. The number of amides is 1. The maximum atomic E-state index is 12.2. The molecule has 1 saturated carbocycles. The van der Waals surface area contributed by atoms with E-state index in [1.54, 1.807) is 0 Å². The largest absolute Gasteiger partial charge is 0.489 e. The van der Waals surface area contributed by atoms with Crippen molar-refractivity contribution in [3.63, 3.8) is 0 Å². The average molecular weight is 484 g/mol. The number of carbonyl (C=O) groups is 1. The van der Waals surface area contributed by atoms with Crippen LogP contribution in [0.3, 0.4) is 0 Å². The number of fused-ring (bicyclic) bond motifs is 1. The minimum atomic E-state index is -0.373. The van der Waals surface area contributed by atoms with E-state index in [1.807, 2.05) is 57.2 Å². The van der Waals surface area contributed by atoms with Crippen LogP contribution in [0.4, 0.5) is 5.82 Å². The van der Waals surface area contributed by atoms with Gasteiger partial charge in [-0.05, 0) is 42.0 Å². The molecule has 0 unspecified atom stereocenters. The molecule has 0 spiro atoms. The summed E-state index contributed by atoms with van der Waals surface area (Å²) >= 11 is 0. The van der Waals surface area contributed by atoms with Gasteiger partial charge >= 0.3 is 0 Å². The maximum Gasteiger partial charge on any atom is 0.225 e. The van der Waals surface area contributed by atoms with E-state index < -0.39 is 0 Å². The molecule has 1 amide bonds. The van der Waals surface area contributed by atoms with Gasteiger partial charge < -0.3 is 20.4 Å². The van der Waals surface area contributed by atoms with Crippen LogP contribution >= 0.6 is 0 Å². The molecular formula is C29H33N5O2. The van der Waals surface area contributed by atoms with Gasteiger partial charge in [0, 0.05) is 29.8 Å². The van der Waals surface area contributed by atoms with Gasteiger partial charge in [0.15, 0.2) is 0 Å². The lowest BCUT2D eigenvalue weighted by molar-refractivity contribution is -0.128. The summed E-state index contributed by atoms with van der Waals surface area (Å²) in [5.74, 6) is 1.81. The first-order valence-corrected chi connectivity index (χ1v) is 12.5. The SMILES string of the molecule is CC(C)(C)C(=O)NCC1CC(n2cc(-c3cccc(OCc4ccccc4)c3)c3c(N)ncnc32)C1. The van der Waals surface area contributed by atoms with Crippen molar-refractivity contribution in [1.29, 1.82) is 0 Å². The lowest BCUT2D eigenvalue weighted by Crippen LogP contribution is -2.41. The van der Waals surface area contributed by atoms with Gasteiger partial charge in [-0.15, -0.1) is 0 Å². The molecule has 0 atom stereocenters. The van der Waals surface area contributed by atoms with Crippen molar-refractivity contribution < 1.29 is 9.53 Å². The summed E-state index contributed by atoms with van der Waals surface area (Å²) < 4.78 is 8.29. The molecule has 0 bridgehead atoms. The van der Waals surface area contributed by atoms with Crippen molar-refractivity contribution in [1.82, 2.24) is 19.9 Å². The monoisotopic (exact) mass is 483 g/mol. The van der Waals surface area contributed by atoms with E-state index in [4.69, 9.17) is 10.5 Å². The number of anilines is 1. The van der Waals surface area contributed by atoms with E-state index in [0.717, 1.165) is 46.3 Å². The highest BCUT2D eigenvalue weighted by atomic mass is 16.5. The van der Waals surface area contributed by atoms with Crippen LogP contribution in [-0.4, -0.2) is 27.0 Å². The lowest BCUT2D eigenvalue weighted by Gasteiger charge is -2.37. The smallest absolute Gasteiger partial charge is 0.225 e. The minimum Gasteiger partial charge on any atom is -0.489 e. The molecular weight excluding hydrogens is 450 g/mol. The van der Waals surface area contributed by atoms with Crippen molar-refractivity contribution in [2.45, 2.75) is 46.3 Å². The molecule has 7 heteroatoms. The zero-order valence-electron chi connectivity index (χ0n) is 21.1. The Bertz CT molecular complexity index is 1370. The van der Waals surface area contributed by atoms with Crippen LogP contribution < -0.4 is 15.8 Å². The number of aromatic nitrogens is 3. The first-order valence-electron chi connectivity index (χ1n) is 12.5.